The molecule has 0 aliphatic rings. The molecule has 2 aromatic carbocycles. The molecular weight excluding hydrogens is 434 g/mol. The Kier molecular flexibility index (Phi) is 8.27. The van der Waals surface area contributed by atoms with Crippen LogP contribution in [0.4, 0.5) is 5.69 Å². The minimum atomic E-state index is -0.327. The predicted octanol–water partition coefficient (Wildman–Crippen LogP) is 4.95. The summed E-state index contributed by atoms with van der Waals surface area (Å²) < 4.78 is 1.93. The summed E-state index contributed by atoms with van der Waals surface area (Å²) in [6, 6.07) is 14.9. The first kappa shape index (κ1) is 24.5. The lowest BCUT2D eigenvalue weighted by Crippen LogP contribution is -2.28. The highest BCUT2D eigenvalue weighted by Crippen LogP contribution is 2.25. The van der Waals surface area contributed by atoms with Gasteiger partial charge in [-0.15, -0.1) is 10.2 Å². The number of carbonyl (C=O) groups excluding carboxylic acids is 2. The minimum absolute atomic E-state index is 0.0963. The van der Waals surface area contributed by atoms with Crippen LogP contribution in [0.5, 0.6) is 0 Å². The molecule has 1 atom stereocenters. The molecule has 0 radical (unpaired) electrons. The smallest absolute Gasteiger partial charge is 0.251 e. The van der Waals surface area contributed by atoms with Gasteiger partial charge in [0.15, 0.2) is 11.0 Å². The Labute approximate surface area is 199 Å². The number of thioether (sulfide) groups is 1. The van der Waals surface area contributed by atoms with Crippen LogP contribution < -0.4 is 10.6 Å². The Hall–Kier alpha value is -3.13. The van der Waals surface area contributed by atoms with Gasteiger partial charge in [-0.2, -0.15) is 0 Å². The summed E-state index contributed by atoms with van der Waals surface area (Å²) in [5.74, 6) is 0.934. The Bertz CT molecular complexity index is 1110. The fraction of sp³-hybridized carbons (Fsp3) is 0.360. The van der Waals surface area contributed by atoms with Gasteiger partial charge >= 0.3 is 0 Å². The maximum absolute atomic E-state index is 12.6. The number of nitrogens with one attached hydrogen (secondary N) is 2. The Morgan fingerprint density at radius 2 is 1.73 bits per heavy atom. The Balaban J connectivity index is 1.63. The molecule has 7 nitrogen and oxygen atoms in total. The molecule has 0 unspecified atom stereocenters. The van der Waals surface area contributed by atoms with E-state index in [1.807, 2.05) is 61.7 Å². The number of hydrogen-bond acceptors (Lipinski definition) is 5. The second-order valence-electron chi connectivity index (χ2n) is 8.23. The largest absolute Gasteiger partial charge is 0.342 e. The topological polar surface area (TPSA) is 88.9 Å². The van der Waals surface area contributed by atoms with E-state index in [1.54, 1.807) is 12.1 Å². The molecular formula is C25H31N5O2S. The lowest BCUT2D eigenvalue weighted by Gasteiger charge is -2.15. The molecule has 0 aliphatic carbocycles. The number of benzene rings is 2. The number of hydrogen-bond donors (Lipinski definition) is 2. The van der Waals surface area contributed by atoms with Crippen LogP contribution in [0.1, 0.15) is 67.0 Å². The van der Waals surface area contributed by atoms with Gasteiger partial charge < -0.3 is 15.2 Å². The summed E-state index contributed by atoms with van der Waals surface area (Å²) in [6.45, 7) is 10.7. The number of rotatable bonds is 9. The highest BCUT2D eigenvalue weighted by atomic mass is 32.2. The molecule has 8 heteroatoms. The molecule has 3 rings (SSSR count). The van der Waals surface area contributed by atoms with Gasteiger partial charge in [0.05, 0.1) is 11.8 Å². The standard InChI is InChI=1S/C25H31N5O2S/c1-6-30-23(18(5)26-24(32)19-13-11-17(4)12-14-19)28-29-25(30)33-15-22(31)27-21-10-8-7-9-20(21)16(2)3/h7-14,16,18H,6,15H2,1-5H3,(H,26,32)(H,27,31)/t18-/m0/s1. The van der Waals surface area contributed by atoms with Gasteiger partial charge in [-0.05, 0) is 50.5 Å². The number of amides is 2. The van der Waals surface area contributed by atoms with Crippen molar-refractivity contribution in [1.29, 1.82) is 0 Å². The molecule has 0 fully saturated rings. The van der Waals surface area contributed by atoms with Gasteiger partial charge in [0.25, 0.3) is 5.91 Å². The highest BCUT2D eigenvalue weighted by Gasteiger charge is 2.20. The van der Waals surface area contributed by atoms with Crippen molar-refractivity contribution in [1.82, 2.24) is 20.1 Å². The number of para-hydroxylation sites is 1. The van der Waals surface area contributed by atoms with Crippen LogP contribution in [-0.2, 0) is 11.3 Å². The van der Waals surface area contributed by atoms with Crippen molar-refractivity contribution in [3.63, 3.8) is 0 Å². The van der Waals surface area contributed by atoms with E-state index < -0.39 is 0 Å². The van der Waals surface area contributed by atoms with Crippen LogP contribution in [0.15, 0.2) is 53.7 Å². The van der Waals surface area contributed by atoms with Crippen molar-refractivity contribution in [2.45, 2.75) is 58.3 Å². The van der Waals surface area contributed by atoms with E-state index in [-0.39, 0.29) is 23.6 Å². The number of aryl methyl sites for hydroxylation is 1. The summed E-state index contributed by atoms with van der Waals surface area (Å²) in [5.41, 5.74) is 3.64. The molecule has 0 saturated carbocycles. The van der Waals surface area contributed by atoms with E-state index in [0.29, 0.717) is 29.0 Å². The number of anilines is 1. The van der Waals surface area contributed by atoms with E-state index in [1.165, 1.54) is 11.8 Å². The molecule has 1 aromatic heterocycles. The van der Waals surface area contributed by atoms with Crippen LogP contribution in [-0.4, -0.2) is 32.3 Å². The summed E-state index contributed by atoms with van der Waals surface area (Å²) in [4.78, 5) is 25.2. The number of aromatic nitrogens is 3. The fourth-order valence-electron chi connectivity index (χ4n) is 3.50. The van der Waals surface area contributed by atoms with Crippen LogP contribution in [0, 0.1) is 6.92 Å². The average Bonchev–Trinajstić information content (AvgIpc) is 3.21. The molecule has 174 valence electrons. The molecule has 33 heavy (non-hydrogen) atoms. The fourth-order valence-corrected chi connectivity index (χ4v) is 4.31. The third-order valence-electron chi connectivity index (χ3n) is 5.30. The molecule has 2 amide bonds. The van der Waals surface area contributed by atoms with Crippen molar-refractivity contribution in [3.8, 4) is 0 Å². The highest BCUT2D eigenvalue weighted by molar-refractivity contribution is 7.99. The van der Waals surface area contributed by atoms with E-state index in [2.05, 4.69) is 34.7 Å². The Morgan fingerprint density at radius 3 is 2.39 bits per heavy atom. The second-order valence-corrected chi connectivity index (χ2v) is 9.17. The normalized spacial score (nSPS) is 11.9. The van der Waals surface area contributed by atoms with Gasteiger partial charge in [-0.3, -0.25) is 9.59 Å². The molecule has 0 aliphatic heterocycles. The van der Waals surface area contributed by atoms with Gasteiger partial charge in [0.1, 0.15) is 0 Å². The third kappa shape index (κ3) is 6.22. The lowest BCUT2D eigenvalue weighted by molar-refractivity contribution is -0.113. The Morgan fingerprint density at radius 1 is 1.03 bits per heavy atom. The van der Waals surface area contributed by atoms with Crippen molar-refractivity contribution in [2.75, 3.05) is 11.1 Å². The van der Waals surface area contributed by atoms with Crippen LogP contribution >= 0.6 is 11.8 Å². The molecule has 0 spiro atoms. The summed E-state index contributed by atoms with van der Waals surface area (Å²) >= 11 is 1.33. The van der Waals surface area contributed by atoms with E-state index >= 15 is 0 Å². The van der Waals surface area contributed by atoms with Crippen molar-refractivity contribution < 1.29 is 9.59 Å². The lowest BCUT2D eigenvalue weighted by atomic mass is 10.0. The van der Waals surface area contributed by atoms with Crippen LogP contribution in [0.3, 0.4) is 0 Å². The van der Waals surface area contributed by atoms with Crippen LogP contribution in [0.25, 0.3) is 0 Å². The van der Waals surface area contributed by atoms with Crippen molar-refractivity contribution in [2.24, 2.45) is 0 Å². The van der Waals surface area contributed by atoms with Gasteiger partial charge in [0, 0.05) is 17.8 Å². The van der Waals surface area contributed by atoms with Gasteiger partial charge in [-0.25, -0.2) is 0 Å². The monoisotopic (exact) mass is 465 g/mol. The molecule has 1 heterocycles. The number of nitrogens with zero attached hydrogens (tertiary/aromatic N) is 3. The predicted molar refractivity (Wildman–Crippen MR) is 133 cm³/mol. The van der Waals surface area contributed by atoms with E-state index in [0.717, 1.165) is 16.8 Å². The zero-order chi connectivity index (χ0) is 24.0. The molecule has 3 aromatic rings. The van der Waals surface area contributed by atoms with Gasteiger partial charge in [0.2, 0.25) is 5.91 Å². The second kappa shape index (κ2) is 11.1. The first-order valence-corrected chi connectivity index (χ1v) is 12.1. The molecule has 0 bridgehead atoms. The minimum Gasteiger partial charge on any atom is -0.342 e. The summed E-state index contributed by atoms with van der Waals surface area (Å²) in [6.07, 6.45) is 0. The average molecular weight is 466 g/mol. The maximum atomic E-state index is 12.6. The van der Waals surface area contributed by atoms with Gasteiger partial charge in [-0.1, -0.05) is 61.5 Å². The zero-order valence-electron chi connectivity index (χ0n) is 19.8. The number of carbonyl (C=O) groups is 2. The van der Waals surface area contributed by atoms with Crippen LogP contribution in [0.2, 0.25) is 0 Å². The summed E-state index contributed by atoms with van der Waals surface area (Å²) in [7, 11) is 0. The first-order valence-electron chi connectivity index (χ1n) is 11.1. The zero-order valence-corrected chi connectivity index (χ0v) is 20.6. The van der Waals surface area contributed by atoms with Crippen molar-refractivity contribution in [3.05, 3.63) is 71.0 Å². The quantitative estimate of drug-likeness (QED) is 0.437. The van der Waals surface area contributed by atoms with E-state index in [9.17, 15) is 9.59 Å². The maximum Gasteiger partial charge on any atom is 0.251 e. The summed E-state index contributed by atoms with van der Waals surface area (Å²) in [5, 5.41) is 15.2. The first-order chi connectivity index (χ1) is 15.8. The molecule has 2 N–H and O–H groups in total. The molecule has 0 saturated heterocycles. The SMILES string of the molecule is CCn1c(SCC(=O)Nc2ccccc2C(C)C)nnc1[C@H](C)NC(=O)c1ccc(C)cc1. The van der Waals surface area contributed by atoms with E-state index in [4.69, 9.17) is 0 Å². The van der Waals surface area contributed by atoms with Crippen molar-refractivity contribution >= 4 is 29.3 Å². The third-order valence-corrected chi connectivity index (χ3v) is 6.27.